The van der Waals surface area contributed by atoms with Crippen molar-refractivity contribution in [3.8, 4) is 11.4 Å². The molecular formula is C21H18N4O4. The zero-order chi connectivity index (χ0) is 20.5. The van der Waals surface area contributed by atoms with E-state index in [-0.39, 0.29) is 16.9 Å². The quantitative estimate of drug-likeness (QED) is 0.574. The lowest BCUT2D eigenvalue weighted by molar-refractivity contribution is 0.0880. The number of carbonyl (C=O) groups is 2. The van der Waals surface area contributed by atoms with Crippen LogP contribution in [0.25, 0.3) is 5.69 Å². The standard InChI is InChI=1S/C21H18N4O4/c1-29-13-8-6-12(7-9-13)11-23-15-4-2-3-5-16(15)25-17(26)10-14-18(19(25)22)21(28)24-20(14)27/h2-10,23H,11,22H2,1H3,(H,24,27,28). The molecule has 0 atom stereocenters. The lowest BCUT2D eigenvalue weighted by atomic mass is 10.1. The number of carbonyl (C=O) groups excluding carboxylic acids is 2. The van der Waals surface area contributed by atoms with Crippen LogP contribution in [0.1, 0.15) is 26.3 Å². The molecule has 4 rings (SSSR count). The normalized spacial score (nSPS) is 12.4. The van der Waals surface area contributed by atoms with Crippen molar-refractivity contribution in [1.82, 2.24) is 9.88 Å². The average Bonchev–Trinajstić information content (AvgIpc) is 3.01. The van der Waals surface area contributed by atoms with Crippen molar-refractivity contribution in [2.45, 2.75) is 6.54 Å². The number of nitrogens with two attached hydrogens (primary N) is 1. The smallest absolute Gasteiger partial charge is 0.262 e. The Balaban J connectivity index is 1.72. The summed E-state index contributed by atoms with van der Waals surface area (Å²) in [6.07, 6.45) is 0. The number of hydrogen-bond donors (Lipinski definition) is 3. The van der Waals surface area contributed by atoms with Gasteiger partial charge in [-0.3, -0.25) is 24.3 Å². The highest BCUT2D eigenvalue weighted by Gasteiger charge is 2.32. The molecule has 0 fully saturated rings. The second-order valence-corrected chi connectivity index (χ2v) is 6.49. The number of ether oxygens (including phenoxy) is 1. The van der Waals surface area contributed by atoms with Crippen molar-refractivity contribution in [2.24, 2.45) is 0 Å². The van der Waals surface area contributed by atoms with Crippen molar-refractivity contribution >= 4 is 23.3 Å². The Kier molecular flexibility index (Phi) is 4.52. The summed E-state index contributed by atoms with van der Waals surface area (Å²) < 4.78 is 6.39. The molecule has 3 aromatic rings. The van der Waals surface area contributed by atoms with Crippen LogP contribution in [0.4, 0.5) is 11.5 Å². The molecule has 2 aromatic carbocycles. The minimum absolute atomic E-state index is 0.00239. The van der Waals surface area contributed by atoms with E-state index in [2.05, 4.69) is 10.6 Å². The number of anilines is 2. The van der Waals surface area contributed by atoms with E-state index in [9.17, 15) is 14.4 Å². The second-order valence-electron chi connectivity index (χ2n) is 6.49. The Hall–Kier alpha value is -4.07. The third-order valence-corrected chi connectivity index (χ3v) is 4.74. The first-order chi connectivity index (χ1) is 14.0. The molecule has 1 aliphatic heterocycles. The maximum Gasteiger partial charge on any atom is 0.262 e. The van der Waals surface area contributed by atoms with Crippen LogP contribution in [0.15, 0.2) is 59.4 Å². The summed E-state index contributed by atoms with van der Waals surface area (Å²) in [6, 6.07) is 15.8. The van der Waals surface area contributed by atoms with Crippen LogP contribution in [-0.4, -0.2) is 23.5 Å². The maximum absolute atomic E-state index is 12.7. The predicted octanol–water partition coefficient (Wildman–Crippen LogP) is 1.92. The lowest BCUT2D eigenvalue weighted by Crippen LogP contribution is -2.24. The molecule has 146 valence electrons. The molecule has 0 saturated carbocycles. The number of nitrogen functional groups attached to an aromatic ring is 1. The van der Waals surface area contributed by atoms with Crippen LogP contribution in [0.3, 0.4) is 0 Å². The molecule has 29 heavy (non-hydrogen) atoms. The lowest BCUT2D eigenvalue weighted by Gasteiger charge is -2.17. The number of rotatable bonds is 5. The minimum Gasteiger partial charge on any atom is -0.497 e. The fourth-order valence-corrected chi connectivity index (χ4v) is 3.29. The molecule has 8 nitrogen and oxygen atoms in total. The molecule has 2 heterocycles. The van der Waals surface area contributed by atoms with Crippen molar-refractivity contribution in [3.63, 3.8) is 0 Å². The molecule has 0 spiro atoms. The van der Waals surface area contributed by atoms with Gasteiger partial charge in [0.25, 0.3) is 17.4 Å². The summed E-state index contributed by atoms with van der Waals surface area (Å²) in [6.45, 7) is 0.500. The molecule has 0 radical (unpaired) electrons. The number of para-hydroxylation sites is 2. The van der Waals surface area contributed by atoms with Crippen LogP contribution in [0.5, 0.6) is 5.75 Å². The van der Waals surface area contributed by atoms with Gasteiger partial charge < -0.3 is 15.8 Å². The van der Waals surface area contributed by atoms with Gasteiger partial charge >= 0.3 is 0 Å². The van der Waals surface area contributed by atoms with Gasteiger partial charge in [0.05, 0.1) is 29.6 Å². The number of aromatic nitrogens is 1. The SMILES string of the molecule is COc1ccc(CNc2ccccc2-n2c(N)c3c(cc2=O)C(=O)NC3=O)cc1. The number of imide groups is 1. The topological polar surface area (TPSA) is 115 Å². The highest BCUT2D eigenvalue weighted by atomic mass is 16.5. The van der Waals surface area contributed by atoms with Crippen LogP contribution < -0.4 is 26.7 Å². The number of nitrogens with one attached hydrogen (secondary N) is 2. The van der Waals surface area contributed by atoms with E-state index in [1.807, 2.05) is 36.4 Å². The number of hydrogen-bond acceptors (Lipinski definition) is 6. The third kappa shape index (κ3) is 3.20. The minimum atomic E-state index is -0.619. The van der Waals surface area contributed by atoms with Gasteiger partial charge in [0, 0.05) is 12.6 Å². The van der Waals surface area contributed by atoms with Gasteiger partial charge in [-0.2, -0.15) is 0 Å². The second kappa shape index (κ2) is 7.16. The van der Waals surface area contributed by atoms with E-state index in [1.165, 1.54) is 4.57 Å². The van der Waals surface area contributed by atoms with Gasteiger partial charge in [0.2, 0.25) is 0 Å². The summed E-state index contributed by atoms with van der Waals surface area (Å²) in [7, 11) is 1.61. The largest absolute Gasteiger partial charge is 0.497 e. The van der Waals surface area contributed by atoms with Crippen LogP contribution in [0.2, 0.25) is 0 Å². The molecule has 4 N–H and O–H groups in total. The van der Waals surface area contributed by atoms with Gasteiger partial charge in [0.15, 0.2) is 0 Å². The fraction of sp³-hybridized carbons (Fsp3) is 0.0952. The van der Waals surface area contributed by atoms with Crippen molar-refractivity contribution in [1.29, 1.82) is 0 Å². The average molecular weight is 390 g/mol. The summed E-state index contributed by atoms with van der Waals surface area (Å²) in [5, 5.41) is 5.45. The summed E-state index contributed by atoms with van der Waals surface area (Å²) >= 11 is 0. The predicted molar refractivity (Wildman–Crippen MR) is 109 cm³/mol. The van der Waals surface area contributed by atoms with E-state index in [1.54, 1.807) is 19.2 Å². The van der Waals surface area contributed by atoms with E-state index in [0.717, 1.165) is 17.4 Å². The third-order valence-electron chi connectivity index (χ3n) is 4.74. The molecule has 0 aliphatic carbocycles. The number of fused-ring (bicyclic) bond motifs is 1. The van der Waals surface area contributed by atoms with Gasteiger partial charge in [0.1, 0.15) is 11.6 Å². The van der Waals surface area contributed by atoms with Crippen LogP contribution in [0, 0.1) is 0 Å². The van der Waals surface area contributed by atoms with E-state index < -0.39 is 17.4 Å². The van der Waals surface area contributed by atoms with Crippen molar-refractivity contribution in [3.05, 3.63) is 81.6 Å². The molecule has 0 saturated heterocycles. The number of nitrogens with zero attached hydrogens (tertiary/aromatic N) is 1. The maximum atomic E-state index is 12.7. The summed E-state index contributed by atoms with van der Waals surface area (Å²) in [4.78, 5) is 36.6. The number of pyridine rings is 1. The van der Waals surface area contributed by atoms with Crippen LogP contribution in [-0.2, 0) is 6.54 Å². The number of benzene rings is 2. The van der Waals surface area contributed by atoms with Crippen molar-refractivity contribution in [2.75, 3.05) is 18.2 Å². The molecule has 2 amide bonds. The van der Waals surface area contributed by atoms with Gasteiger partial charge in [-0.25, -0.2) is 0 Å². The Labute approximate surface area is 165 Å². The van der Waals surface area contributed by atoms with E-state index in [4.69, 9.17) is 10.5 Å². The van der Waals surface area contributed by atoms with Crippen molar-refractivity contribution < 1.29 is 14.3 Å². The Morgan fingerprint density at radius 3 is 2.48 bits per heavy atom. The van der Waals surface area contributed by atoms with Gasteiger partial charge in [-0.15, -0.1) is 0 Å². The van der Waals surface area contributed by atoms with Gasteiger partial charge in [-0.1, -0.05) is 24.3 Å². The van der Waals surface area contributed by atoms with Crippen LogP contribution >= 0.6 is 0 Å². The molecule has 1 aliphatic rings. The van der Waals surface area contributed by atoms with E-state index in [0.29, 0.717) is 17.9 Å². The molecule has 8 heteroatoms. The highest BCUT2D eigenvalue weighted by Crippen LogP contribution is 2.27. The first kappa shape index (κ1) is 18.3. The Bertz CT molecular complexity index is 1180. The monoisotopic (exact) mass is 390 g/mol. The molecule has 1 aromatic heterocycles. The summed E-state index contributed by atoms with van der Waals surface area (Å²) in [5.74, 6) is -0.541. The number of amides is 2. The first-order valence-corrected chi connectivity index (χ1v) is 8.87. The molecule has 0 unspecified atom stereocenters. The Morgan fingerprint density at radius 2 is 1.76 bits per heavy atom. The van der Waals surface area contributed by atoms with Gasteiger partial charge in [-0.05, 0) is 29.8 Å². The highest BCUT2D eigenvalue weighted by molar-refractivity contribution is 6.23. The molecule has 0 bridgehead atoms. The Morgan fingerprint density at radius 1 is 1.03 bits per heavy atom. The zero-order valence-electron chi connectivity index (χ0n) is 15.6. The van der Waals surface area contributed by atoms with E-state index >= 15 is 0 Å². The first-order valence-electron chi connectivity index (χ1n) is 8.87. The zero-order valence-corrected chi connectivity index (χ0v) is 15.6. The fourth-order valence-electron chi connectivity index (χ4n) is 3.29. The molecular weight excluding hydrogens is 372 g/mol. The number of methoxy groups -OCH3 is 1. The summed E-state index contributed by atoms with van der Waals surface area (Å²) in [5.41, 5.74) is 7.80.